The number of hydrogen-bond acceptors (Lipinski definition) is 1. The lowest BCUT2D eigenvalue weighted by Crippen LogP contribution is -2.06. The van der Waals surface area contributed by atoms with Gasteiger partial charge in [-0.2, -0.15) is 0 Å². The Kier molecular flexibility index (Phi) is 4.47. The largest absolute Gasteiger partial charge is 0.481 e. The first-order valence-corrected chi connectivity index (χ1v) is 5.02. The molecule has 1 N–H and O–H groups in total. The van der Waals surface area contributed by atoms with E-state index in [4.69, 9.17) is 16.7 Å². The Balaban J connectivity index is 2.34. The number of hydrogen-bond donors (Lipinski definition) is 1. The molecule has 0 amide bonds. The van der Waals surface area contributed by atoms with Crippen molar-refractivity contribution in [2.24, 2.45) is 0 Å². The molecule has 1 aromatic carbocycles. The molecule has 0 radical (unpaired) electrons. The van der Waals surface area contributed by atoms with Gasteiger partial charge in [-0.15, -0.1) is 11.6 Å². The van der Waals surface area contributed by atoms with Crippen LogP contribution in [0.15, 0.2) is 30.3 Å². The molecular formula is C11H13ClO2. The van der Waals surface area contributed by atoms with Gasteiger partial charge in [0.15, 0.2) is 0 Å². The Morgan fingerprint density at radius 1 is 1.36 bits per heavy atom. The SMILES string of the molecule is O=C(O)CCC(Cl)Cc1ccccc1. The zero-order chi connectivity index (χ0) is 10.4. The highest BCUT2D eigenvalue weighted by molar-refractivity contribution is 6.20. The lowest BCUT2D eigenvalue weighted by Gasteiger charge is -2.07. The zero-order valence-corrected chi connectivity index (χ0v) is 8.57. The minimum absolute atomic E-state index is 0.0894. The van der Waals surface area contributed by atoms with Crippen LogP contribution in [0.2, 0.25) is 0 Å². The van der Waals surface area contributed by atoms with E-state index < -0.39 is 5.97 Å². The van der Waals surface area contributed by atoms with Crippen molar-refractivity contribution in [2.45, 2.75) is 24.6 Å². The molecule has 0 spiro atoms. The number of halogens is 1. The second kappa shape index (κ2) is 5.66. The number of carboxylic acid groups (broad SMARTS) is 1. The van der Waals surface area contributed by atoms with Crippen LogP contribution in [0.4, 0.5) is 0 Å². The fourth-order valence-corrected chi connectivity index (χ4v) is 1.54. The van der Waals surface area contributed by atoms with E-state index in [1.54, 1.807) is 0 Å². The van der Waals surface area contributed by atoms with Gasteiger partial charge in [-0.25, -0.2) is 0 Å². The van der Waals surface area contributed by atoms with Crippen molar-refractivity contribution >= 4 is 17.6 Å². The lowest BCUT2D eigenvalue weighted by atomic mass is 10.1. The first-order chi connectivity index (χ1) is 6.68. The average molecular weight is 213 g/mol. The van der Waals surface area contributed by atoms with Crippen LogP contribution in [0.3, 0.4) is 0 Å². The standard InChI is InChI=1S/C11H13ClO2/c12-10(6-7-11(13)14)8-9-4-2-1-3-5-9/h1-5,10H,6-8H2,(H,13,14). The van der Waals surface area contributed by atoms with Crippen molar-refractivity contribution in [1.29, 1.82) is 0 Å². The third kappa shape index (κ3) is 4.28. The molecule has 1 aromatic rings. The number of alkyl halides is 1. The molecule has 2 nitrogen and oxygen atoms in total. The van der Waals surface area contributed by atoms with E-state index in [1.165, 1.54) is 0 Å². The third-order valence-corrected chi connectivity index (χ3v) is 2.34. The number of rotatable bonds is 5. The molecule has 0 aliphatic heterocycles. The van der Waals surface area contributed by atoms with Gasteiger partial charge in [0.2, 0.25) is 0 Å². The number of benzene rings is 1. The zero-order valence-electron chi connectivity index (χ0n) is 7.82. The van der Waals surface area contributed by atoms with Crippen molar-refractivity contribution in [3.05, 3.63) is 35.9 Å². The summed E-state index contributed by atoms with van der Waals surface area (Å²) in [7, 11) is 0. The molecule has 76 valence electrons. The smallest absolute Gasteiger partial charge is 0.303 e. The molecule has 14 heavy (non-hydrogen) atoms. The number of carbonyl (C=O) groups is 1. The summed E-state index contributed by atoms with van der Waals surface area (Å²) in [6, 6.07) is 9.85. The summed E-state index contributed by atoms with van der Waals surface area (Å²) in [5.41, 5.74) is 1.15. The van der Waals surface area contributed by atoms with Crippen LogP contribution in [0, 0.1) is 0 Å². The van der Waals surface area contributed by atoms with Gasteiger partial charge >= 0.3 is 5.97 Å². The van der Waals surface area contributed by atoms with Crippen molar-refractivity contribution in [1.82, 2.24) is 0 Å². The molecule has 0 aromatic heterocycles. The van der Waals surface area contributed by atoms with Crippen LogP contribution < -0.4 is 0 Å². The van der Waals surface area contributed by atoms with E-state index in [2.05, 4.69) is 0 Å². The molecule has 1 unspecified atom stereocenters. The molecule has 0 saturated heterocycles. The van der Waals surface area contributed by atoms with E-state index in [1.807, 2.05) is 30.3 Å². The van der Waals surface area contributed by atoms with Crippen LogP contribution in [-0.2, 0) is 11.2 Å². The number of carboxylic acids is 1. The second-order valence-electron chi connectivity index (χ2n) is 3.22. The van der Waals surface area contributed by atoms with E-state index in [-0.39, 0.29) is 11.8 Å². The monoisotopic (exact) mass is 212 g/mol. The van der Waals surface area contributed by atoms with Gasteiger partial charge in [0.05, 0.1) is 0 Å². The minimum Gasteiger partial charge on any atom is -0.481 e. The maximum Gasteiger partial charge on any atom is 0.303 e. The number of aliphatic carboxylic acids is 1. The van der Waals surface area contributed by atoms with Crippen molar-refractivity contribution in [3.8, 4) is 0 Å². The van der Waals surface area contributed by atoms with Gasteiger partial charge in [0.1, 0.15) is 0 Å². The molecule has 0 heterocycles. The summed E-state index contributed by atoms with van der Waals surface area (Å²) >= 11 is 6.00. The summed E-state index contributed by atoms with van der Waals surface area (Å²) in [6.45, 7) is 0. The molecule has 0 aliphatic carbocycles. The maximum absolute atomic E-state index is 10.3. The first-order valence-electron chi connectivity index (χ1n) is 4.58. The fraction of sp³-hybridized carbons (Fsp3) is 0.364. The summed E-state index contributed by atoms with van der Waals surface area (Å²) in [5, 5.41) is 8.38. The molecule has 0 fully saturated rings. The third-order valence-electron chi connectivity index (χ3n) is 1.97. The van der Waals surface area contributed by atoms with Crippen LogP contribution in [-0.4, -0.2) is 16.5 Å². The van der Waals surface area contributed by atoms with Gasteiger partial charge in [-0.3, -0.25) is 4.79 Å². The van der Waals surface area contributed by atoms with Gasteiger partial charge in [0.25, 0.3) is 0 Å². The van der Waals surface area contributed by atoms with Gasteiger partial charge in [-0.05, 0) is 18.4 Å². The van der Waals surface area contributed by atoms with E-state index in [0.717, 1.165) is 12.0 Å². The quantitative estimate of drug-likeness (QED) is 0.762. The topological polar surface area (TPSA) is 37.3 Å². The fourth-order valence-electron chi connectivity index (χ4n) is 1.25. The Morgan fingerprint density at radius 3 is 2.57 bits per heavy atom. The Bertz CT molecular complexity index is 285. The van der Waals surface area contributed by atoms with E-state index in [9.17, 15) is 4.79 Å². The summed E-state index contributed by atoms with van der Waals surface area (Å²) in [5.74, 6) is -0.788. The predicted molar refractivity (Wildman–Crippen MR) is 56.7 cm³/mol. The van der Waals surface area contributed by atoms with E-state index in [0.29, 0.717) is 6.42 Å². The van der Waals surface area contributed by atoms with Gasteiger partial charge in [-0.1, -0.05) is 30.3 Å². The van der Waals surface area contributed by atoms with Crippen molar-refractivity contribution < 1.29 is 9.90 Å². The normalized spacial score (nSPS) is 12.4. The molecule has 0 bridgehead atoms. The van der Waals surface area contributed by atoms with Crippen molar-refractivity contribution in [2.75, 3.05) is 0 Å². The predicted octanol–water partition coefficient (Wildman–Crippen LogP) is 2.70. The second-order valence-corrected chi connectivity index (χ2v) is 3.84. The van der Waals surface area contributed by atoms with Gasteiger partial charge in [0, 0.05) is 11.8 Å². The Morgan fingerprint density at radius 2 is 2.00 bits per heavy atom. The van der Waals surface area contributed by atoms with Crippen LogP contribution >= 0.6 is 11.6 Å². The van der Waals surface area contributed by atoms with Gasteiger partial charge < -0.3 is 5.11 Å². The average Bonchev–Trinajstić information content (AvgIpc) is 2.16. The maximum atomic E-state index is 10.3. The van der Waals surface area contributed by atoms with E-state index >= 15 is 0 Å². The highest BCUT2D eigenvalue weighted by atomic mass is 35.5. The lowest BCUT2D eigenvalue weighted by molar-refractivity contribution is -0.137. The van der Waals surface area contributed by atoms with Crippen LogP contribution in [0.25, 0.3) is 0 Å². The minimum atomic E-state index is -0.788. The molecule has 1 rings (SSSR count). The summed E-state index contributed by atoms with van der Waals surface area (Å²) < 4.78 is 0. The first kappa shape index (κ1) is 11.1. The van der Waals surface area contributed by atoms with Crippen molar-refractivity contribution in [3.63, 3.8) is 0 Å². The molecular weight excluding hydrogens is 200 g/mol. The summed E-state index contributed by atoms with van der Waals surface area (Å²) in [6.07, 6.45) is 1.39. The summed E-state index contributed by atoms with van der Waals surface area (Å²) in [4.78, 5) is 10.3. The highest BCUT2D eigenvalue weighted by Crippen LogP contribution is 2.12. The molecule has 3 heteroatoms. The van der Waals surface area contributed by atoms with Crippen LogP contribution in [0.1, 0.15) is 18.4 Å². The molecule has 0 aliphatic rings. The highest BCUT2D eigenvalue weighted by Gasteiger charge is 2.07. The molecule has 0 saturated carbocycles. The Hall–Kier alpha value is -1.02. The van der Waals surface area contributed by atoms with Crippen LogP contribution in [0.5, 0.6) is 0 Å². The molecule has 1 atom stereocenters. The Labute approximate surface area is 88.5 Å².